The Balaban J connectivity index is 1.74. The predicted molar refractivity (Wildman–Crippen MR) is 82.3 cm³/mol. The quantitative estimate of drug-likeness (QED) is 0.556. The molecule has 1 saturated heterocycles. The summed E-state index contributed by atoms with van der Waals surface area (Å²) in [4.78, 5) is 33.1. The summed E-state index contributed by atoms with van der Waals surface area (Å²) >= 11 is 0. The molecule has 3 amide bonds. The van der Waals surface area contributed by atoms with Crippen LogP contribution in [0.5, 0.6) is 5.75 Å². The zero-order valence-electron chi connectivity index (χ0n) is 12.4. The van der Waals surface area contributed by atoms with E-state index in [2.05, 4.69) is 5.32 Å². The Morgan fingerprint density at radius 1 is 1.29 bits per heavy atom. The zero-order chi connectivity index (χ0) is 17.7. The monoisotopic (exact) mass is 357 g/mol. The van der Waals surface area contributed by atoms with E-state index in [0.717, 1.165) is 0 Å². The van der Waals surface area contributed by atoms with Gasteiger partial charge in [0, 0.05) is 18.2 Å². The fourth-order valence-electron chi connectivity index (χ4n) is 2.11. The summed E-state index contributed by atoms with van der Waals surface area (Å²) in [5, 5.41) is 14.9. The maximum absolute atomic E-state index is 11.6. The number of sulfone groups is 1. The molecule has 0 aliphatic carbocycles. The lowest BCUT2D eigenvalue weighted by Gasteiger charge is -2.11. The van der Waals surface area contributed by atoms with E-state index in [0.29, 0.717) is 6.42 Å². The standard InChI is InChI=1S/C13H15N3O7S/c17-12(7-23-11-3-1-10(2-4-11)16(19)20)15-13(18)14-9-5-6-24(21,22)8-9/h1-4,9H,5-8H2,(H2,14,15,17,18)/t9-/m1/s1. The van der Waals surface area contributed by atoms with Gasteiger partial charge in [0.05, 0.1) is 16.4 Å². The molecule has 1 heterocycles. The van der Waals surface area contributed by atoms with Crippen LogP contribution in [0.1, 0.15) is 6.42 Å². The second-order valence-electron chi connectivity index (χ2n) is 5.16. The summed E-state index contributed by atoms with van der Waals surface area (Å²) in [5.41, 5.74) is -0.113. The summed E-state index contributed by atoms with van der Waals surface area (Å²) in [7, 11) is -3.13. The van der Waals surface area contributed by atoms with E-state index in [1.165, 1.54) is 24.3 Å². The van der Waals surface area contributed by atoms with Crippen LogP contribution in [0, 0.1) is 10.1 Å². The van der Waals surface area contributed by atoms with Gasteiger partial charge in [0.1, 0.15) is 5.75 Å². The molecule has 1 atom stereocenters. The molecule has 0 bridgehead atoms. The van der Waals surface area contributed by atoms with Crippen LogP contribution in [0.4, 0.5) is 10.5 Å². The van der Waals surface area contributed by atoms with Crippen molar-refractivity contribution >= 4 is 27.5 Å². The first-order valence-corrected chi connectivity index (χ1v) is 8.75. The van der Waals surface area contributed by atoms with Crippen molar-refractivity contribution in [1.29, 1.82) is 0 Å². The van der Waals surface area contributed by atoms with Crippen molar-refractivity contribution in [2.45, 2.75) is 12.5 Å². The predicted octanol–water partition coefficient (Wildman–Crippen LogP) is -0.0135. The van der Waals surface area contributed by atoms with Gasteiger partial charge in [-0.05, 0) is 18.6 Å². The highest BCUT2D eigenvalue weighted by Gasteiger charge is 2.29. The van der Waals surface area contributed by atoms with Crippen molar-refractivity contribution in [2.24, 2.45) is 0 Å². The van der Waals surface area contributed by atoms with Crippen LogP contribution in [0.2, 0.25) is 0 Å². The summed E-state index contributed by atoms with van der Waals surface area (Å²) in [5.74, 6) is -0.631. The van der Waals surface area contributed by atoms with Crippen molar-refractivity contribution in [1.82, 2.24) is 10.6 Å². The molecule has 1 fully saturated rings. The third-order valence-corrected chi connectivity index (χ3v) is 5.01. The van der Waals surface area contributed by atoms with Gasteiger partial charge in [-0.15, -0.1) is 0 Å². The highest BCUT2D eigenvalue weighted by molar-refractivity contribution is 7.91. The number of benzene rings is 1. The summed E-state index contributed by atoms with van der Waals surface area (Å²) in [6, 6.07) is 3.79. The first-order chi connectivity index (χ1) is 11.2. The van der Waals surface area contributed by atoms with E-state index in [1.54, 1.807) is 0 Å². The van der Waals surface area contributed by atoms with Gasteiger partial charge in [-0.25, -0.2) is 13.2 Å². The third-order valence-electron chi connectivity index (χ3n) is 3.24. The van der Waals surface area contributed by atoms with Gasteiger partial charge in [-0.2, -0.15) is 0 Å². The maximum atomic E-state index is 11.6. The topological polar surface area (TPSA) is 145 Å². The van der Waals surface area contributed by atoms with Gasteiger partial charge in [0.2, 0.25) is 0 Å². The van der Waals surface area contributed by atoms with E-state index in [4.69, 9.17) is 4.74 Å². The first-order valence-electron chi connectivity index (χ1n) is 6.93. The van der Waals surface area contributed by atoms with Crippen molar-refractivity contribution < 1.29 is 27.7 Å². The number of ether oxygens (including phenoxy) is 1. The lowest BCUT2D eigenvalue weighted by molar-refractivity contribution is -0.384. The molecule has 11 heteroatoms. The Kier molecular flexibility index (Phi) is 5.34. The molecular formula is C13H15N3O7S. The SMILES string of the molecule is O=C(COc1ccc([N+](=O)[O-])cc1)NC(=O)N[C@@H]1CCS(=O)(=O)C1. The van der Waals surface area contributed by atoms with Crippen molar-refractivity contribution in [2.75, 3.05) is 18.1 Å². The third kappa shape index (κ3) is 5.19. The molecule has 0 spiro atoms. The second kappa shape index (κ2) is 7.25. The van der Waals surface area contributed by atoms with E-state index in [-0.39, 0.29) is 22.9 Å². The number of non-ortho nitro benzene ring substituents is 1. The minimum Gasteiger partial charge on any atom is -0.484 e. The van der Waals surface area contributed by atoms with Gasteiger partial charge in [-0.3, -0.25) is 20.2 Å². The molecule has 130 valence electrons. The molecule has 1 aliphatic heterocycles. The van der Waals surface area contributed by atoms with Gasteiger partial charge >= 0.3 is 6.03 Å². The smallest absolute Gasteiger partial charge is 0.321 e. The van der Waals surface area contributed by atoms with E-state index in [1.807, 2.05) is 5.32 Å². The fraction of sp³-hybridized carbons (Fsp3) is 0.385. The second-order valence-corrected chi connectivity index (χ2v) is 7.39. The van der Waals surface area contributed by atoms with E-state index >= 15 is 0 Å². The number of urea groups is 1. The maximum Gasteiger partial charge on any atom is 0.321 e. The molecule has 1 aliphatic rings. The van der Waals surface area contributed by atoms with Crippen molar-refractivity contribution in [3.8, 4) is 5.75 Å². The van der Waals surface area contributed by atoms with Crippen LogP contribution in [-0.2, 0) is 14.6 Å². The molecule has 10 nitrogen and oxygen atoms in total. The van der Waals surface area contributed by atoms with E-state index < -0.39 is 39.3 Å². The number of carbonyl (C=O) groups is 2. The Hall–Kier alpha value is -2.69. The average molecular weight is 357 g/mol. The zero-order valence-corrected chi connectivity index (χ0v) is 13.2. The molecule has 2 rings (SSSR count). The summed E-state index contributed by atoms with van der Waals surface area (Å²) in [6.45, 7) is -0.464. The van der Waals surface area contributed by atoms with E-state index in [9.17, 15) is 28.1 Å². The number of hydrogen-bond acceptors (Lipinski definition) is 7. The van der Waals surface area contributed by atoms with Crippen LogP contribution >= 0.6 is 0 Å². The number of nitrogens with zero attached hydrogens (tertiary/aromatic N) is 1. The molecule has 2 N–H and O–H groups in total. The highest BCUT2D eigenvalue weighted by atomic mass is 32.2. The number of nitro groups is 1. The number of hydrogen-bond donors (Lipinski definition) is 2. The van der Waals surface area contributed by atoms with Crippen LogP contribution in [-0.4, -0.2) is 49.4 Å². The lowest BCUT2D eigenvalue weighted by Crippen LogP contribution is -2.46. The van der Waals surface area contributed by atoms with Crippen molar-refractivity contribution in [3.63, 3.8) is 0 Å². The van der Waals surface area contributed by atoms with Gasteiger partial charge in [0.25, 0.3) is 11.6 Å². The number of nitrogens with one attached hydrogen (secondary N) is 2. The Bertz CT molecular complexity index is 745. The molecule has 0 radical (unpaired) electrons. The highest BCUT2D eigenvalue weighted by Crippen LogP contribution is 2.17. The fourth-order valence-corrected chi connectivity index (χ4v) is 3.78. The molecule has 0 aromatic heterocycles. The molecule has 24 heavy (non-hydrogen) atoms. The summed E-state index contributed by atoms with van der Waals surface area (Å²) < 4.78 is 27.6. The van der Waals surface area contributed by atoms with Crippen LogP contribution in [0.3, 0.4) is 0 Å². The average Bonchev–Trinajstić information content (AvgIpc) is 2.84. The largest absolute Gasteiger partial charge is 0.484 e. The molecular weight excluding hydrogens is 342 g/mol. The van der Waals surface area contributed by atoms with Gasteiger partial charge < -0.3 is 10.1 Å². The minimum absolute atomic E-state index is 0.00908. The minimum atomic E-state index is -3.13. The van der Waals surface area contributed by atoms with Crippen LogP contribution in [0.15, 0.2) is 24.3 Å². The van der Waals surface area contributed by atoms with Gasteiger partial charge in [-0.1, -0.05) is 0 Å². The Morgan fingerprint density at radius 2 is 1.96 bits per heavy atom. The molecule has 1 aromatic rings. The Morgan fingerprint density at radius 3 is 2.50 bits per heavy atom. The number of amides is 3. The number of nitro benzene ring substituents is 1. The van der Waals surface area contributed by atoms with Crippen LogP contribution in [0.25, 0.3) is 0 Å². The van der Waals surface area contributed by atoms with Gasteiger partial charge in [0.15, 0.2) is 16.4 Å². The number of imide groups is 1. The Labute approximate surface area is 137 Å². The normalized spacial score (nSPS) is 18.6. The number of carbonyl (C=O) groups excluding carboxylic acids is 2. The lowest BCUT2D eigenvalue weighted by atomic mass is 10.3. The molecule has 0 unspecified atom stereocenters. The van der Waals surface area contributed by atoms with Crippen molar-refractivity contribution in [3.05, 3.63) is 34.4 Å². The molecule has 0 saturated carbocycles. The summed E-state index contributed by atoms with van der Waals surface area (Å²) in [6.07, 6.45) is 0.309. The number of rotatable bonds is 5. The van der Waals surface area contributed by atoms with Crippen LogP contribution < -0.4 is 15.4 Å². The first kappa shape index (κ1) is 17.7. The molecule has 1 aromatic carbocycles.